The molecule has 5 nitrogen and oxygen atoms in total. The number of likely N-dealkylation sites (tertiary alicyclic amines) is 1. The second-order valence-electron chi connectivity index (χ2n) is 7.72. The number of halogens is 1. The van der Waals surface area contributed by atoms with Gasteiger partial charge in [-0.1, -0.05) is 13.8 Å². The van der Waals surface area contributed by atoms with Crippen LogP contribution in [0.2, 0.25) is 0 Å². The minimum absolute atomic E-state index is 0. The molecule has 2 saturated heterocycles. The summed E-state index contributed by atoms with van der Waals surface area (Å²) in [5.74, 6) is 1.06. The molecule has 0 bridgehead atoms. The van der Waals surface area contributed by atoms with E-state index in [-0.39, 0.29) is 29.5 Å². The van der Waals surface area contributed by atoms with Gasteiger partial charge in [-0.3, -0.25) is 9.89 Å². The molecule has 1 atom stereocenters. The van der Waals surface area contributed by atoms with E-state index < -0.39 is 0 Å². The van der Waals surface area contributed by atoms with Gasteiger partial charge in [0.2, 0.25) is 0 Å². The maximum atomic E-state index is 5.43. The van der Waals surface area contributed by atoms with Crippen LogP contribution in [-0.4, -0.2) is 73.3 Å². The largest absolute Gasteiger partial charge is 0.379 e. The Kier molecular flexibility index (Phi) is 7.60. The highest BCUT2D eigenvalue weighted by Gasteiger charge is 2.53. The molecular weight excluding hydrogens is 403 g/mol. The first-order valence-corrected chi connectivity index (χ1v) is 8.67. The fourth-order valence-electron chi connectivity index (χ4n) is 3.15. The van der Waals surface area contributed by atoms with Gasteiger partial charge in [-0.15, -0.1) is 24.0 Å². The first-order chi connectivity index (χ1) is 10.3. The summed E-state index contributed by atoms with van der Waals surface area (Å²) in [4.78, 5) is 9.81. The molecule has 0 aliphatic carbocycles. The molecule has 136 valence electrons. The number of hydrogen-bond donors (Lipinski definition) is 1. The van der Waals surface area contributed by atoms with Crippen molar-refractivity contribution in [2.24, 2.45) is 10.4 Å². The van der Waals surface area contributed by atoms with E-state index in [0.717, 1.165) is 51.9 Å². The van der Waals surface area contributed by atoms with Crippen molar-refractivity contribution in [3.63, 3.8) is 0 Å². The normalized spacial score (nSPS) is 25.3. The van der Waals surface area contributed by atoms with E-state index in [1.807, 2.05) is 0 Å². The average molecular weight is 438 g/mol. The Morgan fingerprint density at radius 2 is 1.83 bits per heavy atom. The predicted octanol–water partition coefficient (Wildman–Crippen LogP) is 2.41. The monoisotopic (exact) mass is 438 g/mol. The molecule has 1 unspecified atom stereocenters. The van der Waals surface area contributed by atoms with E-state index in [9.17, 15) is 0 Å². The number of guanidine groups is 1. The molecular formula is C17H35IN4O. The SMILES string of the molecule is CCNC(=NCC(C)N1CCOCC1)N1CC(C)(C)C1(C)C.I. The van der Waals surface area contributed by atoms with Gasteiger partial charge in [0.1, 0.15) is 0 Å². The standard InChI is InChI=1S/C17H34N4O.HI/c1-7-18-15(21-13-16(3,4)17(21,5)6)19-12-14(2)20-8-10-22-11-9-20;/h14H,7-13H2,1-6H3,(H,18,19);1H. The lowest BCUT2D eigenvalue weighted by Gasteiger charge is -2.62. The minimum atomic E-state index is 0. The second-order valence-corrected chi connectivity index (χ2v) is 7.72. The molecule has 0 aromatic heterocycles. The minimum Gasteiger partial charge on any atom is -0.379 e. The maximum Gasteiger partial charge on any atom is 0.194 e. The van der Waals surface area contributed by atoms with Crippen LogP contribution in [-0.2, 0) is 4.74 Å². The third-order valence-electron chi connectivity index (χ3n) is 5.65. The number of nitrogens with zero attached hydrogens (tertiary/aromatic N) is 3. The van der Waals surface area contributed by atoms with Crippen LogP contribution in [0.25, 0.3) is 0 Å². The van der Waals surface area contributed by atoms with Gasteiger partial charge in [-0.25, -0.2) is 0 Å². The fraction of sp³-hybridized carbons (Fsp3) is 0.941. The van der Waals surface area contributed by atoms with Gasteiger partial charge in [-0.2, -0.15) is 0 Å². The van der Waals surface area contributed by atoms with Crippen LogP contribution in [0.15, 0.2) is 4.99 Å². The fourth-order valence-corrected chi connectivity index (χ4v) is 3.15. The number of morpholine rings is 1. The Morgan fingerprint density at radius 3 is 2.30 bits per heavy atom. The van der Waals surface area contributed by atoms with Crippen molar-refractivity contribution >= 4 is 29.9 Å². The Balaban J connectivity index is 0.00000264. The van der Waals surface area contributed by atoms with Crippen LogP contribution >= 0.6 is 24.0 Å². The summed E-state index contributed by atoms with van der Waals surface area (Å²) < 4.78 is 5.43. The molecule has 6 heteroatoms. The second kappa shape index (κ2) is 8.34. The zero-order valence-corrected chi connectivity index (χ0v) is 18.0. The molecule has 2 aliphatic heterocycles. The quantitative estimate of drug-likeness (QED) is 0.416. The summed E-state index contributed by atoms with van der Waals surface area (Å²) in [7, 11) is 0. The number of hydrogen-bond acceptors (Lipinski definition) is 3. The third kappa shape index (κ3) is 4.51. The van der Waals surface area contributed by atoms with Gasteiger partial charge in [0.15, 0.2) is 5.96 Å². The van der Waals surface area contributed by atoms with Crippen LogP contribution < -0.4 is 5.32 Å². The molecule has 2 fully saturated rings. The summed E-state index contributed by atoms with van der Waals surface area (Å²) in [5.41, 5.74) is 0.481. The summed E-state index contributed by atoms with van der Waals surface area (Å²) in [5, 5.41) is 3.47. The van der Waals surface area contributed by atoms with Gasteiger partial charge in [0, 0.05) is 43.2 Å². The number of aliphatic imine (C=N–C) groups is 1. The van der Waals surface area contributed by atoms with Gasteiger partial charge < -0.3 is 15.0 Å². The summed E-state index contributed by atoms with van der Waals surface area (Å²) in [6, 6.07) is 0.468. The maximum absolute atomic E-state index is 5.43. The smallest absolute Gasteiger partial charge is 0.194 e. The lowest BCUT2D eigenvalue weighted by atomic mass is 9.65. The van der Waals surface area contributed by atoms with E-state index in [1.54, 1.807) is 0 Å². The molecule has 2 rings (SSSR count). The van der Waals surface area contributed by atoms with Gasteiger partial charge >= 0.3 is 0 Å². The van der Waals surface area contributed by atoms with E-state index in [0.29, 0.717) is 11.5 Å². The van der Waals surface area contributed by atoms with E-state index >= 15 is 0 Å². The first-order valence-electron chi connectivity index (χ1n) is 8.67. The van der Waals surface area contributed by atoms with E-state index in [1.165, 1.54) is 0 Å². The van der Waals surface area contributed by atoms with Crippen molar-refractivity contribution in [2.45, 2.75) is 53.1 Å². The van der Waals surface area contributed by atoms with Gasteiger partial charge in [0.05, 0.1) is 19.8 Å². The molecule has 0 spiro atoms. The first kappa shape index (κ1) is 21.0. The van der Waals surface area contributed by atoms with Crippen molar-refractivity contribution in [3.05, 3.63) is 0 Å². The number of rotatable bonds is 4. The highest BCUT2D eigenvalue weighted by molar-refractivity contribution is 14.0. The van der Waals surface area contributed by atoms with Gasteiger partial charge in [-0.05, 0) is 27.7 Å². The zero-order chi connectivity index (χ0) is 16.4. The van der Waals surface area contributed by atoms with Gasteiger partial charge in [0.25, 0.3) is 0 Å². The molecule has 2 heterocycles. The average Bonchev–Trinajstić information content (AvgIpc) is 2.50. The van der Waals surface area contributed by atoms with E-state index in [2.05, 4.69) is 56.7 Å². The Labute approximate surface area is 159 Å². The van der Waals surface area contributed by atoms with Crippen LogP contribution in [0.4, 0.5) is 0 Å². The van der Waals surface area contributed by atoms with Crippen molar-refractivity contribution in [1.29, 1.82) is 0 Å². The molecule has 0 amide bonds. The number of ether oxygens (including phenoxy) is 1. The molecule has 0 aromatic rings. The molecule has 23 heavy (non-hydrogen) atoms. The summed E-state index contributed by atoms with van der Waals surface area (Å²) in [6.07, 6.45) is 0. The molecule has 0 saturated carbocycles. The molecule has 1 N–H and O–H groups in total. The van der Waals surface area contributed by atoms with Crippen LogP contribution in [0, 0.1) is 5.41 Å². The van der Waals surface area contributed by atoms with Crippen molar-refractivity contribution in [3.8, 4) is 0 Å². The Morgan fingerprint density at radius 1 is 1.22 bits per heavy atom. The molecule has 0 aromatic carbocycles. The van der Waals surface area contributed by atoms with Crippen molar-refractivity contribution in [1.82, 2.24) is 15.1 Å². The number of nitrogens with one attached hydrogen (secondary N) is 1. The Bertz CT molecular complexity index is 405. The lowest BCUT2D eigenvalue weighted by molar-refractivity contribution is -0.0668. The van der Waals surface area contributed by atoms with Crippen LogP contribution in [0.5, 0.6) is 0 Å². The van der Waals surface area contributed by atoms with Crippen LogP contribution in [0.1, 0.15) is 41.5 Å². The van der Waals surface area contributed by atoms with E-state index in [4.69, 9.17) is 9.73 Å². The zero-order valence-electron chi connectivity index (χ0n) is 15.7. The molecule has 0 radical (unpaired) electrons. The van der Waals surface area contributed by atoms with Crippen molar-refractivity contribution < 1.29 is 4.74 Å². The Hall–Kier alpha value is -0.0800. The molecule has 2 aliphatic rings. The topological polar surface area (TPSA) is 40.1 Å². The third-order valence-corrected chi connectivity index (χ3v) is 5.65. The highest BCUT2D eigenvalue weighted by atomic mass is 127. The lowest BCUT2D eigenvalue weighted by Crippen LogP contribution is -2.72. The summed E-state index contributed by atoms with van der Waals surface area (Å²) in [6.45, 7) is 20.3. The predicted molar refractivity (Wildman–Crippen MR) is 108 cm³/mol. The highest BCUT2D eigenvalue weighted by Crippen LogP contribution is 2.46. The summed E-state index contributed by atoms with van der Waals surface area (Å²) >= 11 is 0. The van der Waals surface area contributed by atoms with Crippen LogP contribution in [0.3, 0.4) is 0 Å². The van der Waals surface area contributed by atoms with Crippen molar-refractivity contribution in [2.75, 3.05) is 45.9 Å².